The van der Waals surface area contributed by atoms with Crippen molar-refractivity contribution in [3.05, 3.63) is 41.5 Å². The van der Waals surface area contributed by atoms with Crippen molar-refractivity contribution < 1.29 is 14.1 Å². The smallest absolute Gasteiger partial charge is 0.273 e. The van der Waals surface area contributed by atoms with Crippen LogP contribution in [0.25, 0.3) is 0 Å². The minimum Gasteiger partial charge on any atom is -0.361 e. The van der Waals surface area contributed by atoms with Crippen LogP contribution in [0.5, 0.6) is 0 Å². The first-order chi connectivity index (χ1) is 10.6. The van der Waals surface area contributed by atoms with Gasteiger partial charge in [-0.05, 0) is 25.0 Å². The first-order valence-corrected chi connectivity index (χ1v) is 7.09. The van der Waals surface area contributed by atoms with Crippen LogP contribution in [0.1, 0.15) is 34.7 Å². The average Bonchev–Trinajstić information content (AvgIpc) is 3.13. The summed E-state index contributed by atoms with van der Waals surface area (Å²) in [4.78, 5) is 29.5. The van der Waals surface area contributed by atoms with E-state index in [1.807, 2.05) is 6.07 Å². The maximum Gasteiger partial charge on any atom is 0.273 e. The van der Waals surface area contributed by atoms with Gasteiger partial charge in [0.15, 0.2) is 5.69 Å². The van der Waals surface area contributed by atoms with E-state index in [1.165, 1.54) is 0 Å². The molecule has 0 atom stereocenters. The molecule has 1 aliphatic heterocycles. The Morgan fingerprint density at radius 3 is 2.95 bits per heavy atom. The molecule has 2 aromatic rings. The van der Waals surface area contributed by atoms with E-state index in [2.05, 4.69) is 15.5 Å². The largest absolute Gasteiger partial charge is 0.361 e. The summed E-state index contributed by atoms with van der Waals surface area (Å²) in [5.41, 5.74) is 1.84. The van der Waals surface area contributed by atoms with Gasteiger partial charge < -0.3 is 14.7 Å². The number of hydrogen-bond acceptors (Lipinski definition) is 5. The second-order valence-electron chi connectivity index (χ2n) is 5.21. The molecule has 0 bridgehead atoms. The van der Waals surface area contributed by atoms with Gasteiger partial charge in [0, 0.05) is 31.8 Å². The van der Waals surface area contributed by atoms with E-state index in [1.54, 1.807) is 30.3 Å². The predicted octanol–water partition coefficient (Wildman–Crippen LogP) is 1.43. The second kappa shape index (κ2) is 5.97. The number of hydrogen-bond donors (Lipinski definition) is 1. The quantitative estimate of drug-likeness (QED) is 0.923. The SMILES string of the molecule is Cc1cc(C(=O)NCc2cncc(N3CCCC3=O)c2)no1. The number of nitrogens with zero attached hydrogens (tertiary/aromatic N) is 3. The molecule has 7 nitrogen and oxygen atoms in total. The van der Waals surface area contributed by atoms with Crippen molar-refractivity contribution >= 4 is 17.5 Å². The number of nitrogens with one attached hydrogen (secondary N) is 1. The third-order valence-electron chi connectivity index (χ3n) is 3.48. The van der Waals surface area contributed by atoms with Crippen LogP contribution < -0.4 is 10.2 Å². The second-order valence-corrected chi connectivity index (χ2v) is 5.21. The Balaban J connectivity index is 1.65. The molecule has 0 saturated carbocycles. The van der Waals surface area contributed by atoms with E-state index in [-0.39, 0.29) is 17.5 Å². The Morgan fingerprint density at radius 1 is 1.41 bits per heavy atom. The van der Waals surface area contributed by atoms with Gasteiger partial charge in [0.2, 0.25) is 5.91 Å². The molecule has 1 aliphatic rings. The van der Waals surface area contributed by atoms with Crippen molar-refractivity contribution in [2.75, 3.05) is 11.4 Å². The first kappa shape index (κ1) is 14.2. The van der Waals surface area contributed by atoms with Gasteiger partial charge in [0.25, 0.3) is 5.91 Å². The van der Waals surface area contributed by atoms with Crippen molar-refractivity contribution in [2.24, 2.45) is 0 Å². The number of carbonyl (C=O) groups excluding carboxylic acids is 2. The summed E-state index contributed by atoms with van der Waals surface area (Å²) < 4.78 is 4.87. The normalized spacial score (nSPS) is 14.4. The lowest BCUT2D eigenvalue weighted by Crippen LogP contribution is -2.25. The molecule has 0 unspecified atom stereocenters. The van der Waals surface area contributed by atoms with Crippen LogP contribution >= 0.6 is 0 Å². The lowest BCUT2D eigenvalue weighted by atomic mass is 10.2. The van der Waals surface area contributed by atoms with Crippen molar-refractivity contribution in [3.8, 4) is 0 Å². The summed E-state index contributed by atoms with van der Waals surface area (Å²) >= 11 is 0. The van der Waals surface area contributed by atoms with Crippen molar-refractivity contribution in [1.82, 2.24) is 15.5 Å². The molecule has 3 heterocycles. The molecule has 114 valence electrons. The molecule has 1 saturated heterocycles. The summed E-state index contributed by atoms with van der Waals surface area (Å²) in [6.45, 7) is 2.76. The Morgan fingerprint density at radius 2 is 2.27 bits per heavy atom. The van der Waals surface area contributed by atoms with E-state index < -0.39 is 0 Å². The van der Waals surface area contributed by atoms with Crippen molar-refractivity contribution in [3.63, 3.8) is 0 Å². The third kappa shape index (κ3) is 2.98. The summed E-state index contributed by atoms with van der Waals surface area (Å²) in [5, 5.41) is 6.42. The molecule has 0 aromatic carbocycles. The molecule has 3 rings (SSSR count). The van der Waals surface area contributed by atoms with E-state index in [0.717, 1.165) is 17.7 Å². The zero-order chi connectivity index (χ0) is 15.5. The monoisotopic (exact) mass is 300 g/mol. The minimum absolute atomic E-state index is 0.112. The molecular formula is C15H16N4O3. The topological polar surface area (TPSA) is 88.3 Å². The number of aromatic nitrogens is 2. The fourth-order valence-corrected chi connectivity index (χ4v) is 2.39. The number of carbonyl (C=O) groups is 2. The molecule has 0 spiro atoms. The summed E-state index contributed by atoms with van der Waals surface area (Å²) in [6.07, 6.45) is 4.77. The fourth-order valence-electron chi connectivity index (χ4n) is 2.39. The highest BCUT2D eigenvalue weighted by Gasteiger charge is 2.22. The van der Waals surface area contributed by atoms with Crippen LogP contribution in [0.2, 0.25) is 0 Å². The van der Waals surface area contributed by atoms with Crippen LogP contribution in [0, 0.1) is 6.92 Å². The van der Waals surface area contributed by atoms with E-state index in [0.29, 0.717) is 25.3 Å². The fraction of sp³-hybridized carbons (Fsp3) is 0.333. The number of anilines is 1. The number of aryl methyl sites for hydroxylation is 1. The highest BCUT2D eigenvalue weighted by atomic mass is 16.5. The number of amides is 2. The predicted molar refractivity (Wildman–Crippen MR) is 78.2 cm³/mol. The van der Waals surface area contributed by atoms with E-state index in [4.69, 9.17) is 4.52 Å². The van der Waals surface area contributed by atoms with E-state index >= 15 is 0 Å². The Labute approximate surface area is 127 Å². The standard InChI is InChI=1S/C15H16N4O3/c1-10-5-13(18-22-10)15(21)17-8-11-6-12(9-16-7-11)19-4-2-3-14(19)20/h5-7,9H,2-4,8H2,1H3,(H,17,21). The zero-order valence-electron chi connectivity index (χ0n) is 12.2. The maximum atomic E-state index is 11.9. The van der Waals surface area contributed by atoms with Gasteiger partial charge in [0.05, 0.1) is 11.9 Å². The summed E-state index contributed by atoms with van der Waals surface area (Å²) in [7, 11) is 0. The molecule has 22 heavy (non-hydrogen) atoms. The lowest BCUT2D eigenvalue weighted by Gasteiger charge is -2.16. The molecule has 1 N–H and O–H groups in total. The van der Waals surface area contributed by atoms with Crippen LogP contribution in [-0.4, -0.2) is 28.5 Å². The molecule has 0 radical (unpaired) electrons. The number of pyridine rings is 1. The van der Waals surface area contributed by atoms with Gasteiger partial charge in [-0.25, -0.2) is 0 Å². The third-order valence-corrected chi connectivity index (χ3v) is 3.48. The zero-order valence-corrected chi connectivity index (χ0v) is 12.2. The summed E-state index contributed by atoms with van der Waals surface area (Å²) in [5.74, 6) is 0.391. The van der Waals surface area contributed by atoms with Crippen molar-refractivity contribution in [2.45, 2.75) is 26.3 Å². The van der Waals surface area contributed by atoms with Gasteiger partial charge in [-0.3, -0.25) is 14.6 Å². The highest BCUT2D eigenvalue weighted by molar-refractivity contribution is 5.95. The molecule has 0 aliphatic carbocycles. The Bertz CT molecular complexity index is 710. The lowest BCUT2D eigenvalue weighted by molar-refractivity contribution is -0.117. The van der Waals surface area contributed by atoms with Gasteiger partial charge in [-0.1, -0.05) is 5.16 Å². The molecule has 2 aromatic heterocycles. The Hall–Kier alpha value is -2.70. The van der Waals surface area contributed by atoms with E-state index in [9.17, 15) is 9.59 Å². The molecule has 1 fully saturated rings. The molecule has 2 amide bonds. The first-order valence-electron chi connectivity index (χ1n) is 7.09. The summed E-state index contributed by atoms with van der Waals surface area (Å²) in [6, 6.07) is 3.44. The molecular weight excluding hydrogens is 284 g/mol. The number of rotatable bonds is 4. The van der Waals surface area contributed by atoms with Gasteiger partial charge in [0.1, 0.15) is 5.76 Å². The van der Waals surface area contributed by atoms with Crippen LogP contribution in [0.4, 0.5) is 5.69 Å². The Kier molecular flexibility index (Phi) is 3.86. The van der Waals surface area contributed by atoms with Gasteiger partial charge in [-0.15, -0.1) is 0 Å². The molecule has 7 heteroatoms. The highest BCUT2D eigenvalue weighted by Crippen LogP contribution is 2.21. The van der Waals surface area contributed by atoms with Crippen LogP contribution in [0.15, 0.2) is 29.0 Å². The van der Waals surface area contributed by atoms with Gasteiger partial charge >= 0.3 is 0 Å². The maximum absolute atomic E-state index is 11.9. The van der Waals surface area contributed by atoms with Crippen molar-refractivity contribution in [1.29, 1.82) is 0 Å². The minimum atomic E-state index is -0.306. The average molecular weight is 300 g/mol. The van der Waals surface area contributed by atoms with Crippen LogP contribution in [0.3, 0.4) is 0 Å². The van der Waals surface area contributed by atoms with Crippen LogP contribution in [-0.2, 0) is 11.3 Å². The van der Waals surface area contributed by atoms with Gasteiger partial charge in [-0.2, -0.15) is 0 Å².